The molecule has 1 atom stereocenters. The Balaban J connectivity index is 0.00000341. The van der Waals surface area contributed by atoms with E-state index in [2.05, 4.69) is 50.9 Å². The smallest absolute Gasteiger partial charge is 0.191 e. The Bertz CT molecular complexity index is 825. The Labute approximate surface area is 203 Å². The highest BCUT2D eigenvalue weighted by Crippen LogP contribution is 2.31. The van der Waals surface area contributed by atoms with Gasteiger partial charge < -0.3 is 20.1 Å². The standard InChI is InChI=1S/C24H34N4O2.HI/c1-25-24(26-16-19-10-4-5-11-20(19)18-29-2)27-17-22(28-14-8-9-15-28)21-12-6-7-13-23(21)30-3;/h4-7,10-13,22H,8-9,14-18H2,1-3H3,(H2,25,26,27);1H. The molecule has 2 aromatic carbocycles. The highest BCUT2D eigenvalue weighted by atomic mass is 127. The Hall–Kier alpha value is -1.84. The minimum absolute atomic E-state index is 0. The van der Waals surface area contributed by atoms with Crippen LogP contribution in [-0.2, 0) is 17.9 Å². The number of rotatable bonds is 9. The van der Waals surface area contributed by atoms with Crippen LogP contribution in [0.3, 0.4) is 0 Å². The molecule has 0 spiro atoms. The summed E-state index contributed by atoms with van der Waals surface area (Å²) in [5, 5.41) is 6.97. The number of methoxy groups -OCH3 is 2. The van der Waals surface area contributed by atoms with Gasteiger partial charge in [0.25, 0.3) is 0 Å². The normalized spacial score (nSPS) is 15.3. The van der Waals surface area contributed by atoms with Crippen molar-refractivity contribution in [3.63, 3.8) is 0 Å². The minimum Gasteiger partial charge on any atom is -0.496 e. The quantitative estimate of drug-likeness (QED) is 0.288. The molecule has 1 unspecified atom stereocenters. The van der Waals surface area contributed by atoms with Gasteiger partial charge in [-0.25, -0.2) is 0 Å². The van der Waals surface area contributed by atoms with Crippen LogP contribution in [0.5, 0.6) is 5.75 Å². The molecule has 1 fully saturated rings. The van der Waals surface area contributed by atoms with E-state index in [0.717, 1.165) is 31.3 Å². The van der Waals surface area contributed by atoms with Gasteiger partial charge in [0.2, 0.25) is 0 Å². The average Bonchev–Trinajstić information content (AvgIpc) is 3.32. The van der Waals surface area contributed by atoms with Gasteiger partial charge in [-0.3, -0.25) is 9.89 Å². The molecule has 2 aromatic rings. The first-order chi connectivity index (χ1) is 14.8. The molecule has 0 bridgehead atoms. The molecule has 1 heterocycles. The average molecular weight is 538 g/mol. The lowest BCUT2D eigenvalue weighted by Gasteiger charge is -2.30. The van der Waals surface area contributed by atoms with Crippen molar-refractivity contribution in [3.05, 3.63) is 65.2 Å². The molecule has 0 amide bonds. The molecule has 2 N–H and O–H groups in total. The summed E-state index contributed by atoms with van der Waals surface area (Å²) in [7, 11) is 5.27. The first-order valence-corrected chi connectivity index (χ1v) is 10.6. The van der Waals surface area contributed by atoms with E-state index >= 15 is 0 Å². The molecule has 6 nitrogen and oxygen atoms in total. The molecule has 0 radical (unpaired) electrons. The first kappa shape index (κ1) is 25.4. The summed E-state index contributed by atoms with van der Waals surface area (Å²) in [5.74, 6) is 1.73. The van der Waals surface area contributed by atoms with Gasteiger partial charge in [-0.1, -0.05) is 42.5 Å². The summed E-state index contributed by atoms with van der Waals surface area (Å²) in [6, 6.07) is 16.9. The van der Waals surface area contributed by atoms with Gasteiger partial charge in [-0.05, 0) is 43.1 Å². The van der Waals surface area contributed by atoms with Crippen LogP contribution in [0.4, 0.5) is 0 Å². The van der Waals surface area contributed by atoms with Crippen molar-refractivity contribution in [2.45, 2.75) is 32.0 Å². The van der Waals surface area contributed by atoms with E-state index in [9.17, 15) is 0 Å². The zero-order valence-electron chi connectivity index (χ0n) is 18.8. The van der Waals surface area contributed by atoms with Crippen molar-refractivity contribution in [1.82, 2.24) is 15.5 Å². The highest BCUT2D eigenvalue weighted by Gasteiger charge is 2.26. The fourth-order valence-electron chi connectivity index (χ4n) is 4.05. The monoisotopic (exact) mass is 538 g/mol. The van der Waals surface area contributed by atoms with Gasteiger partial charge in [0, 0.05) is 32.8 Å². The molecule has 0 aromatic heterocycles. The van der Waals surface area contributed by atoms with Crippen LogP contribution in [-0.4, -0.2) is 51.8 Å². The molecule has 1 aliphatic heterocycles. The predicted octanol–water partition coefficient (Wildman–Crippen LogP) is 3.96. The number of halogens is 1. The number of aliphatic imine (C=N–C) groups is 1. The third-order valence-corrected chi connectivity index (χ3v) is 5.63. The van der Waals surface area contributed by atoms with Crippen LogP contribution in [0.15, 0.2) is 53.5 Å². The molecular weight excluding hydrogens is 503 g/mol. The predicted molar refractivity (Wildman–Crippen MR) is 137 cm³/mol. The lowest BCUT2D eigenvalue weighted by atomic mass is 10.0. The van der Waals surface area contributed by atoms with Crippen LogP contribution in [0.1, 0.15) is 35.6 Å². The second-order valence-corrected chi connectivity index (χ2v) is 7.51. The summed E-state index contributed by atoms with van der Waals surface area (Å²) < 4.78 is 11.0. The van der Waals surface area contributed by atoms with Gasteiger partial charge in [-0.15, -0.1) is 24.0 Å². The molecular formula is C24H35IN4O2. The zero-order chi connectivity index (χ0) is 21.2. The number of likely N-dealkylation sites (tertiary alicyclic amines) is 1. The maximum Gasteiger partial charge on any atom is 0.191 e. The number of hydrogen-bond donors (Lipinski definition) is 2. The van der Waals surface area contributed by atoms with Gasteiger partial charge in [-0.2, -0.15) is 0 Å². The van der Waals surface area contributed by atoms with Crippen LogP contribution in [0.2, 0.25) is 0 Å². The largest absolute Gasteiger partial charge is 0.496 e. The van der Waals surface area contributed by atoms with Gasteiger partial charge in [0.15, 0.2) is 5.96 Å². The Kier molecular flexibility index (Phi) is 11.1. The second-order valence-electron chi connectivity index (χ2n) is 7.51. The molecule has 3 rings (SSSR count). The lowest BCUT2D eigenvalue weighted by molar-refractivity contribution is 0.184. The van der Waals surface area contributed by atoms with Crippen molar-refractivity contribution < 1.29 is 9.47 Å². The van der Waals surface area contributed by atoms with Crippen molar-refractivity contribution in [2.24, 2.45) is 4.99 Å². The minimum atomic E-state index is 0. The van der Waals surface area contributed by atoms with E-state index in [-0.39, 0.29) is 30.0 Å². The van der Waals surface area contributed by atoms with Gasteiger partial charge in [0.1, 0.15) is 5.75 Å². The third kappa shape index (κ3) is 7.08. The fourth-order valence-corrected chi connectivity index (χ4v) is 4.05. The third-order valence-electron chi connectivity index (χ3n) is 5.63. The van der Waals surface area contributed by atoms with Crippen molar-refractivity contribution in [3.8, 4) is 5.75 Å². The molecule has 31 heavy (non-hydrogen) atoms. The lowest BCUT2D eigenvalue weighted by Crippen LogP contribution is -2.42. The zero-order valence-corrected chi connectivity index (χ0v) is 21.1. The van der Waals surface area contributed by atoms with Gasteiger partial charge in [0.05, 0.1) is 19.8 Å². The molecule has 170 valence electrons. The summed E-state index contributed by atoms with van der Waals surface area (Å²) in [5.41, 5.74) is 3.62. The van der Waals surface area contributed by atoms with Crippen LogP contribution < -0.4 is 15.4 Å². The molecule has 7 heteroatoms. The van der Waals surface area contributed by atoms with E-state index in [4.69, 9.17) is 9.47 Å². The van der Waals surface area contributed by atoms with Crippen molar-refractivity contribution >= 4 is 29.9 Å². The first-order valence-electron chi connectivity index (χ1n) is 10.6. The summed E-state index contributed by atoms with van der Waals surface area (Å²) >= 11 is 0. The van der Waals surface area contributed by atoms with Crippen LogP contribution >= 0.6 is 24.0 Å². The van der Waals surface area contributed by atoms with E-state index in [1.54, 1.807) is 14.2 Å². The number of para-hydroxylation sites is 1. The van der Waals surface area contributed by atoms with E-state index in [1.807, 2.05) is 25.2 Å². The van der Waals surface area contributed by atoms with E-state index in [0.29, 0.717) is 13.2 Å². The Morgan fingerprint density at radius 3 is 2.35 bits per heavy atom. The van der Waals surface area contributed by atoms with Gasteiger partial charge >= 0.3 is 0 Å². The second kappa shape index (κ2) is 13.5. The molecule has 1 aliphatic rings. The number of guanidine groups is 1. The molecule has 0 aliphatic carbocycles. The fraction of sp³-hybridized carbons (Fsp3) is 0.458. The van der Waals surface area contributed by atoms with Crippen LogP contribution in [0, 0.1) is 0 Å². The Morgan fingerprint density at radius 2 is 1.68 bits per heavy atom. The summed E-state index contributed by atoms with van der Waals surface area (Å²) in [6.07, 6.45) is 2.49. The number of nitrogens with zero attached hydrogens (tertiary/aromatic N) is 2. The van der Waals surface area contributed by atoms with Crippen LogP contribution in [0.25, 0.3) is 0 Å². The van der Waals surface area contributed by atoms with E-state index < -0.39 is 0 Å². The molecule has 0 saturated carbocycles. The maximum atomic E-state index is 5.65. The summed E-state index contributed by atoms with van der Waals surface area (Å²) in [6.45, 7) is 4.29. The maximum absolute atomic E-state index is 5.65. The van der Waals surface area contributed by atoms with Crippen molar-refractivity contribution in [2.75, 3.05) is 40.9 Å². The highest BCUT2D eigenvalue weighted by molar-refractivity contribution is 14.0. The number of hydrogen-bond acceptors (Lipinski definition) is 4. The topological polar surface area (TPSA) is 58.1 Å². The Morgan fingerprint density at radius 1 is 1.00 bits per heavy atom. The molecule has 1 saturated heterocycles. The summed E-state index contributed by atoms with van der Waals surface area (Å²) in [4.78, 5) is 6.96. The number of nitrogens with one attached hydrogen (secondary N) is 2. The van der Waals surface area contributed by atoms with Crippen molar-refractivity contribution in [1.29, 1.82) is 0 Å². The van der Waals surface area contributed by atoms with E-state index in [1.165, 1.54) is 29.5 Å². The number of ether oxygens (including phenoxy) is 2. The number of benzene rings is 2. The SMILES string of the molecule is CN=C(NCc1ccccc1COC)NCC(c1ccccc1OC)N1CCCC1.I.